The summed E-state index contributed by atoms with van der Waals surface area (Å²) in [5.41, 5.74) is 4.01. The number of aromatic nitrogens is 1. The van der Waals surface area contributed by atoms with E-state index in [1.165, 1.54) is 0 Å². The largest absolute Gasteiger partial charge is 0.454 e. The number of aryl methyl sites for hydroxylation is 2. The first-order valence-electron chi connectivity index (χ1n) is 10.1. The second-order valence-electron chi connectivity index (χ2n) is 7.93. The van der Waals surface area contributed by atoms with Crippen LogP contribution in [0.25, 0.3) is 10.9 Å². The molecule has 0 amide bonds. The highest BCUT2D eigenvalue weighted by atomic mass is 16.6. The summed E-state index contributed by atoms with van der Waals surface area (Å²) >= 11 is 0. The van der Waals surface area contributed by atoms with Gasteiger partial charge in [0.1, 0.15) is 5.69 Å². The molecule has 0 bridgehead atoms. The third kappa shape index (κ3) is 2.85. The zero-order valence-corrected chi connectivity index (χ0v) is 17.2. The van der Waals surface area contributed by atoms with Gasteiger partial charge in [-0.15, -0.1) is 0 Å². The van der Waals surface area contributed by atoms with Gasteiger partial charge in [-0.2, -0.15) is 0 Å². The van der Waals surface area contributed by atoms with E-state index in [9.17, 15) is 9.59 Å². The van der Waals surface area contributed by atoms with Crippen molar-refractivity contribution < 1.29 is 19.1 Å². The van der Waals surface area contributed by atoms with E-state index in [-0.39, 0.29) is 0 Å². The van der Waals surface area contributed by atoms with Crippen LogP contribution >= 0.6 is 0 Å². The van der Waals surface area contributed by atoms with Gasteiger partial charge >= 0.3 is 5.97 Å². The summed E-state index contributed by atoms with van der Waals surface area (Å²) in [6, 6.07) is 23.1. The Bertz CT molecular complexity index is 1240. The normalized spacial score (nSPS) is 17.1. The van der Waals surface area contributed by atoms with Crippen molar-refractivity contribution in [3.63, 3.8) is 0 Å². The molecule has 0 saturated heterocycles. The van der Waals surface area contributed by atoms with Crippen molar-refractivity contribution in [3.05, 3.63) is 106 Å². The molecule has 5 rings (SSSR count). The molecule has 1 unspecified atom stereocenters. The molecule has 2 heterocycles. The molecule has 5 nitrogen and oxygen atoms in total. The minimum Gasteiger partial charge on any atom is -0.454 e. The molecule has 0 aliphatic carbocycles. The van der Waals surface area contributed by atoms with Crippen molar-refractivity contribution in [2.45, 2.75) is 25.6 Å². The summed E-state index contributed by atoms with van der Waals surface area (Å²) in [6.07, 6.45) is -0.862. The van der Waals surface area contributed by atoms with E-state index < -0.39 is 17.7 Å². The molecule has 1 atom stereocenters. The molecule has 3 aromatic carbocycles. The minimum atomic E-state index is -1.32. The Balaban J connectivity index is 1.86. The predicted molar refractivity (Wildman–Crippen MR) is 117 cm³/mol. The lowest BCUT2D eigenvalue weighted by atomic mass is 9.76. The molecule has 0 fully saturated rings. The van der Waals surface area contributed by atoms with Crippen LogP contribution in [0.1, 0.15) is 44.4 Å². The van der Waals surface area contributed by atoms with Gasteiger partial charge in [-0.05, 0) is 19.9 Å². The van der Waals surface area contributed by atoms with E-state index in [1.54, 1.807) is 0 Å². The van der Waals surface area contributed by atoms with Crippen molar-refractivity contribution in [1.29, 1.82) is 0 Å². The number of aromatic amines is 1. The van der Waals surface area contributed by atoms with Crippen molar-refractivity contribution in [1.82, 2.24) is 4.98 Å². The number of nitrogens with one attached hydrogen (secondary N) is 1. The molecule has 1 aliphatic heterocycles. The standard InChI is InChI=1S/C26H21NO4/c1-16-7-11-18(12-8-16)26(19-13-9-17(2)10-14-19)24(30-15-28)22-20-5-3-4-6-21(20)27-23(22)25(29)31-26/h3-15,24,27H,1-2H3. The molecule has 5 heteroatoms. The number of carbonyl (C=O) groups excluding carboxylic acids is 2. The zero-order chi connectivity index (χ0) is 21.6. The summed E-state index contributed by atoms with van der Waals surface area (Å²) in [6.45, 7) is 4.41. The van der Waals surface area contributed by atoms with E-state index in [1.807, 2.05) is 86.6 Å². The summed E-state index contributed by atoms with van der Waals surface area (Å²) in [5, 5.41) is 0.824. The average molecular weight is 411 g/mol. The van der Waals surface area contributed by atoms with Gasteiger partial charge in [0.2, 0.25) is 5.60 Å². The maximum Gasteiger partial charge on any atom is 0.356 e. The summed E-state index contributed by atoms with van der Waals surface area (Å²) in [4.78, 5) is 28.2. The van der Waals surface area contributed by atoms with Crippen LogP contribution in [-0.2, 0) is 19.9 Å². The molecule has 0 saturated carbocycles. The monoisotopic (exact) mass is 411 g/mol. The first-order valence-corrected chi connectivity index (χ1v) is 10.1. The average Bonchev–Trinajstić information content (AvgIpc) is 3.17. The third-order valence-electron chi connectivity index (χ3n) is 5.99. The Morgan fingerprint density at radius 3 is 2.06 bits per heavy atom. The maximum atomic E-state index is 13.3. The van der Waals surface area contributed by atoms with E-state index in [4.69, 9.17) is 9.47 Å². The van der Waals surface area contributed by atoms with Gasteiger partial charge < -0.3 is 14.5 Å². The number of para-hydroxylation sites is 1. The van der Waals surface area contributed by atoms with Gasteiger partial charge in [-0.25, -0.2) is 4.79 Å². The van der Waals surface area contributed by atoms with E-state index in [0.29, 0.717) is 17.7 Å². The Morgan fingerprint density at radius 2 is 1.48 bits per heavy atom. The van der Waals surface area contributed by atoms with Crippen molar-refractivity contribution in [3.8, 4) is 0 Å². The first-order chi connectivity index (χ1) is 15.0. The van der Waals surface area contributed by atoms with Gasteiger partial charge in [0.05, 0.1) is 0 Å². The van der Waals surface area contributed by atoms with Gasteiger partial charge in [0.15, 0.2) is 6.10 Å². The first kappa shape index (κ1) is 19.1. The van der Waals surface area contributed by atoms with Gasteiger partial charge in [0, 0.05) is 27.6 Å². The van der Waals surface area contributed by atoms with Crippen LogP contribution < -0.4 is 0 Å². The fourth-order valence-electron chi connectivity index (χ4n) is 4.46. The zero-order valence-electron chi connectivity index (χ0n) is 17.2. The smallest absolute Gasteiger partial charge is 0.356 e. The lowest BCUT2D eigenvalue weighted by Gasteiger charge is -2.42. The number of carbonyl (C=O) groups is 2. The topological polar surface area (TPSA) is 68.4 Å². The lowest BCUT2D eigenvalue weighted by Crippen LogP contribution is -2.45. The van der Waals surface area contributed by atoms with Gasteiger partial charge in [-0.1, -0.05) is 77.9 Å². The fourth-order valence-corrected chi connectivity index (χ4v) is 4.46. The highest BCUT2D eigenvalue weighted by Crippen LogP contribution is 2.52. The van der Waals surface area contributed by atoms with Gasteiger partial charge in [-0.3, -0.25) is 4.79 Å². The summed E-state index contributed by atoms with van der Waals surface area (Å²) in [7, 11) is 0. The van der Waals surface area contributed by atoms with Crippen LogP contribution in [0.5, 0.6) is 0 Å². The number of rotatable bonds is 4. The van der Waals surface area contributed by atoms with E-state index in [0.717, 1.165) is 33.2 Å². The van der Waals surface area contributed by atoms with Crippen LogP contribution in [0, 0.1) is 13.8 Å². The number of hydrogen-bond donors (Lipinski definition) is 1. The number of benzene rings is 3. The Morgan fingerprint density at radius 1 is 0.903 bits per heavy atom. The Labute approximate surface area is 179 Å². The minimum absolute atomic E-state index is 0.308. The summed E-state index contributed by atoms with van der Waals surface area (Å²) < 4.78 is 11.9. The molecular formula is C26H21NO4. The molecule has 0 spiro atoms. The van der Waals surface area contributed by atoms with Crippen LogP contribution in [0.15, 0.2) is 72.8 Å². The number of hydrogen-bond acceptors (Lipinski definition) is 4. The quantitative estimate of drug-likeness (QED) is 0.374. The van der Waals surface area contributed by atoms with Crippen molar-refractivity contribution >= 4 is 23.3 Å². The number of cyclic esters (lactones) is 1. The number of ether oxygens (including phenoxy) is 2. The highest BCUT2D eigenvalue weighted by Gasteiger charge is 2.54. The number of H-pyrrole nitrogens is 1. The van der Waals surface area contributed by atoms with Crippen molar-refractivity contribution in [2.75, 3.05) is 0 Å². The molecule has 1 aliphatic rings. The second kappa shape index (κ2) is 7.13. The Kier molecular flexibility index (Phi) is 4.40. The van der Waals surface area contributed by atoms with Gasteiger partial charge in [0.25, 0.3) is 6.47 Å². The maximum absolute atomic E-state index is 13.3. The molecule has 4 aromatic rings. The molecular weight excluding hydrogens is 390 g/mol. The van der Waals surface area contributed by atoms with E-state index >= 15 is 0 Å². The number of esters is 1. The fraction of sp³-hybridized carbons (Fsp3) is 0.154. The third-order valence-corrected chi connectivity index (χ3v) is 5.99. The van der Waals surface area contributed by atoms with Crippen LogP contribution in [0.2, 0.25) is 0 Å². The molecule has 31 heavy (non-hydrogen) atoms. The molecule has 1 aromatic heterocycles. The highest BCUT2D eigenvalue weighted by molar-refractivity contribution is 6.00. The number of fused-ring (bicyclic) bond motifs is 3. The van der Waals surface area contributed by atoms with Crippen LogP contribution in [0.3, 0.4) is 0 Å². The lowest BCUT2D eigenvalue weighted by molar-refractivity contribution is -0.151. The van der Waals surface area contributed by atoms with E-state index in [2.05, 4.69) is 4.98 Å². The predicted octanol–water partition coefficient (Wildman–Crippen LogP) is 5.11. The molecule has 154 valence electrons. The SMILES string of the molecule is Cc1ccc(C2(c3ccc(C)cc3)OC(=O)c3[nH]c4ccccc4c3C2OC=O)cc1. The van der Waals surface area contributed by atoms with Crippen molar-refractivity contribution in [2.24, 2.45) is 0 Å². The summed E-state index contributed by atoms with van der Waals surface area (Å²) in [5.74, 6) is -0.488. The second-order valence-corrected chi connectivity index (χ2v) is 7.93. The Hall–Kier alpha value is -3.86. The van der Waals surface area contributed by atoms with Crippen LogP contribution in [0.4, 0.5) is 0 Å². The molecule has 0 radical (unpaired) electrons. The molecule has 1 N–H and O–H groups in total. The van der Waals surface area contributed by atoms with Crippen LogP contribution in [-0.4, -0.2) is 17.4 Å².